The Morgan fingerprint density at radius 3 is 2.85 bits per heavy atom. The number of benzene rings is 1. The summed E-state index contributed by atoms with van der Waals surface area (Å²) < 4.78 is 5.69. The molecule has 8 nitrogen and oxygen atoms in total. The fourth-order valence-corrected chi connectivity index (χ4v) is 4.87. The molecule has 0 unspecified atom stereocenters. The van der Waals surface area contributed by atoms with Crippen LogP contribution in [0.25, 0.3) is 0 Å². The van der Waals surface area contributed by atoms with Gasteiger partial charge in [-0.05, 0) is 49.2 Å². The zero-order chi connectivity index (χ0) is 21.7. The zero-order valence-corrected chi connectivity index (χ0v) is 19.7. The number of nitrogens with zero attached hydrogens (tertiary/aromatic N) is 5. The van der Waals surface area contributed by atoms with Crippen LogP contribution in [0.15, 0.2) is 30.6 Å². The molecule has 0 amide bonds. The maximum Gasteiger partial charge on any atom is 0.237 e. The third-order valence-electron chi connectivity index (χ3n) is 6.55. The molecule has 2 aromatic heterocycles. The van der Waals surface area contributed by atoms with Gasteiger partial charge in [-0.25, -0.2) is 15.0 Å². The molecule has 3 aliphatic rings. The van der Waals surface area contributed by atoms with E-state index in [1.165, 1.54) is 22.3 Å². The van der Waals surface area contributed by atoms with Crippen LogP contribution in [0.1, 0.15) is 27.9 Å². The number of rotatable bonds is 3. The number of hydrogen-bond donors (Lipinski definition) is 2. The van der Waals surface area contributed by atoms with Crippen molar-refractivity contribution in [1.29, 1.82) is 0 Å². The van der Waals surface area contributed by atoms with Gasteiger partial charge in [-0.2, -0.15) is 0 Å². The lowest BCUT2D eigenvalue weighted by molar-refractivity contribution is 0.310. The maximum atomic E-state index is 5.69. The Morgan fingerprint density at radius 1 is 1.06 bits per heavy atom. The number of nitrogens with one attached hydrogen (secondary N) is 2. The van der Waals surface area contributed by atoms with E-state index in [9.17, 15) is 0 Å². The molecule has 0 spiro atoms. The van der Waals surface area contributed by atoms with Gasteiger partial charge in [-0.15, -0.1) is 12.4 Å². The highest BCUT2D eigenvalue weighted by molar-refractivity contribution is 5.85. The summed E-state index contributed by atoms with van der Waals surface area (Å²) in [5, 5.41) is 6.84. The first-order chi connectivity index (χ1) is 15.6. The topological polar surface area (TPSA) is 78.4 Å². The summed E-state index contributed by atoms with van der Waals surface area (Å²) in [6, 6.07) is 6.53. The summed E-state index contributed by atoms with van der Waals surface area (Å²) in [5.74, 6) is 1.34. The Morgan fingerprint density at radius 2 is 1.94 bits per heavy atom. The summed E-state index contributed by atoms with van der Waals surface area (Å²) in [6.45, 7) is 7.25. The smallest absolute Gasteiger partial charge is 0.237 e. The van der Waals surface area contributed by atoms with Crippen molar-refractivity contribution in [3.05, 3.63) is 58.5 Å². The molecular weight excluding hydrogens is 438 g/mol. The van der Waals surface area contributed by atoms with Crippen molar-refractivity contribution in [3.8, 4) is 5.88 Å². The maximum absolute atomic E-state index is 5.69. The Bertz CT molecular complexity index is 1200. The van der Waals surface area contributed by atoms with Gasteiger partial charge in [0.1, 0.15) is 12.3 Å². The van der Waals surface area contributed by atoms with Crippen LogP contribution < -0.4 is 20.3 Å². The molecule has 33 heavy (non-hydrogen) atoms. The van der Waals surface area contributed by atoms with Crippen molar-refractivity contribution in [1.82, 2.24) is 19.9 Å². The van der Waals surface area contributed by atoms with Gasteiger partial charge in [-0.3, -0.25) is 4.90 Å². The third kappa shape index (κ3) is 4.05. The lowest BCUT2D eigenvalue weighted by Crippen LogP contribution is -2.32. The van der Waals surface area contributed by atoms with Crippen LogP contribution in [0.2, 0.25) is 0 Å². The quantitative estimate of drug-likeness (QED) is 0.606. The minimum absolute atomic E-state index is 0. The molecule has 0 aliphatic carbocycles. The van der Waals surface area contributed by atoms with Crippen LogP contribution in [0.3, 0.4) is 0 Å². The second kappa shape index (κ2) is 8.68. The van der Waals surface area contributed by atoms with Crippen LogP contribution in [0.5, 0.6) is 5.88 Å². The molecule has 3 aliphatic heterocycles. The second-order valence-corrected chi connectivity index (χ2v) is 8.84. The molecule has 1 aromatic carbocycles. The van der Waals surface area contributed by atoms with Gasteiger partial charge in [0.2, 0.25) is 11.8 Å². The van der Waals surface area contributed by atoms with E-state index in [4.69, 9.17) is 9.72 Å². The summed E-state index contributed by atoms with van der Waals surface area (Å²) in [6.07, 6.45) is 4.81. The molecule has 172 valence electrons. The third-order valence-corrected chi connectivity index (χ3v) is 6.55. The number of anilines is 4. The van der Waals surface area contributed by atoms with E-state index < -0.39 is 0 Å². The average molecular weight is 466 g/mol. The Kier molecular flexibility index (Phi) is 5.72. The molecule has 9 heteroatoms. The van der Waals surface area contributed by atoms with Crippen molar-refractivity contribution < 1.29 is 4.74 Å². The van der Waals surface area contributed by atoms with Gasteiger partial charge in [0.15, 0.2) is 0 Å². The average Bonchev–Trinajstić information content (AvgIpc) is 3.18. The molecule has 3 aromatic rings. The molecule has 2 N–H and O–H groups in total. The van der Waals surface area contributed by atoms with Crippen molar-refractivity contribution in [2.24, 2.45) is 0 Å². The number of fused-ring (bicyclic) bond motifs is 3. The Balaban J connectivity index is 0.00000228. The molecular formula is C24H28ClN7O. The van der Waals surface area contributed by atoms with Gasteiger partial charge in [-0.1, -0.05) is 6.07 Å². The summed E-state index contributed by atoms with van der Waals surface area (Å²) >= 11 is 0. The van der Waals surface area contributed by atoms with Gasteiger partial charge in [0.05, 0.1) is 24.1 Å². The first-order valence-corrected chi connectivity index (χ1v) is 11.2. The van der Waals surface area contributed by atoms with Gasteiger partial charge in [0.25, 0.3) is 0 Å². The fourth-order valence-electron chi connectivity index (χ4n) is 4.87. The summed E-state index contributed by atoms with van der Waals surface area (Å²) in [4.78, 5) is 18.7. The van der Waals surface area contributed by atoms with Gasteiger partial charge < -0.3 is 20.3 Å². The minimum Gasteiger partial charge on any atom is -0.474 e. The molecule has 0 saturated carbocycles. The highest BCUT2D eigenvalue weighted by atomic mass is 35.5. The molecule has 0 fully saturated rings. The van der Waals surface area contributed by atoms with Crippen LogP contribution in [0, 0.1) is 6.92 Å². The highest BCUT2D eigenvalue weighted by Gasteiger charge is 2.24. The van der Waals surface area contributed by atoms with E-state index >= 15 is 0 Å². The molecule has 0 atom stereocenters. The van der Waals surface area contributed by atoms with Crippen LogP contribution in [0.4, 0.5) is 23.0 Å². The van der Waals surface area contributed by atoms with E-state index in [2.05, 4.69) is 62.6 Å². The van der Waals surface area contributed by atoms with Crippen molar-refractivity contribution in [3.63, 3.8) is 0 Å². The van der Waals surface area contributed by atoms with Gasteiger partial charge >= 0.3 is 0 Å². The monoisotopic (exact) mass is 465 g/mol. The Labute approximate surface area is 199 Å². The molecule has 0 radical (unpaired) electrons. The number of ether oxygens (including phenoxy) is 1. The normalized spacial score (nSPS) is 16.6. The predicted molar refractivity (Wildman–Crippen MR) is 132 cm³/mol. The first-order valence-electron chi connectivity index (χ1n) is 11.2. The van der Waals surface area contributed by atoms with E-state index in [1.54, 1.807) is 0 Å². The van der Waals surface area contributed by atoms with E-state index in [1.807, 2.05) is 12.4 Å². The van der Waals surface area contributed by atoms with Gasteiger partial charge in [0, 0.05) is 43.6 Å². The summed E-state index contributed by atoms with van der Waals surface area (Å²) in [5.41, 5.74) is 9.39. The second-order valence-electron chi connectivity index (χ2n) is 8.84. The van der Waals surface area contributed by atoms with Crippen molar-refractivity contribution in [2.45, 2.75) is 33.0 Å². The number of halogens is 1. The summed E-state index contributed by atoms with van der Waals surface area (Å²) in [7, 11) is 2.15. The van der Waals surface area contributed by atoms with E-state index in [0.717, 1.165) is 61.9 Å². The lowest BCUT2D eigenvalue weighted by atomic mass is 10.0. The van der Waals surface area contributed by atoms with Crippen molar-refractivity contribution in [2.75, 3.05) is 42.3 Å². The van der Waals surface area contributed by atoms with Crippen LogP contribution >= 0.6 is 12.4 Å². The van der Waals surface area contributed by atoms with E-state index in [0.29, 0.717) is 18.4 Å². The largest absolute Gasteiger partial charge is 0.474 e. The SMILES string of the molecule is Cc1c(N2CCc3cnc(Nc4ccc5c(c4)CN(C)C5)nc3C2)cnc2c1NCCO2.Cl. The number of aromatic nitrogens is 3. The Hall–Kier alpha value is -3.10. The molecule has 0 saturated heterocycles. The minimum atomic E-state index is 0. The fraction of sp³-hybridized carbons (Fsp3) is 0.375. The predicted octanol–water partition coefficient (Wildman–Crippen LogP) is 3.66. The number of pyridine rings is 1. The van der Waals surface area contributed by atoms with E-state index in [-0.39, 0.29) is 12.4 Å². The number of hydrogen-bond acceptors (Lipinski definition) is 8. The first kappa shape index (κ1) is 21.7. The molecule has 6 rings (SSSR count). The highest BCUT2D eigenvalue weighted by Crippen LogP contribution is 2.36. The van der Waals surface area contributed by atoms with Crippen LogP contribution in [-0.2, 0) is 26.1 Å². The standard InChI is InChI=1S/C24H27N7O.ClH/c1-15-21(11-26-23-22(15)25-6-8-32-23)31-7-5-16-10-27-24(29-20(16)14-31)28-19-4-3-17-12-30(2)13-18(17)9-19;/h3-4,9-11,25H,5-8,12-14H2,1-2H3,(H,27,28,29);1H. The van der Waals surface area contributed by atoms with Crippen LogP contribution in [-0.4, -0.2) is 46.6 Å². The lowest BCUT2D eigenvalue weighted by Gasteiger charge is -2.32. The van der Waals surface area contributed by atoms with Crippen molar-refractivity contribution >= 4 is 35.4 Å². The molecule has 0 bridgehead atoms. The zero-order valence-electron chi connectivity index (χ0n) is 18.9. The molecule has 5 heterocycles.